The summed E-state index contributed by atoms with van der Waals surface area (Å²) < 4.78 is 15.3. The van der Waals surface area contributed by atoms with Gasteiger partial charge in [0.05, 0.1) is 6.04 Å². The summed E-state index contributed by atoms with van der Waals surface area (Å²) in [5.41, 5.74) is 2.16. The summed E-state index contributed by atoms with van der Waals surface area (Å²) in [6.45, 7) is 5.71. The monoisotopic (exact) mass is 721 g/mol. The van der Waals surface area contributed by atoms with Crippen molar-refractivity contribution in [2.24, 2.45) is 0 Å². The zero-order valence-electron chi connectivity index (χ0n) is 31.1. The Hall–Kier alpha value is -5.38. The number of rotatable bonds is 11. The molecule has 2 N–H and O–H groups in total. The lowest BCUT2D eigenvalue weighted by molar-refractivity contribution is -0.209. The topological polar surface area (TPSA) is 96.8 Å². The molecule has 0 aliphatic carbocycles. The van der Waals surface area contributed by atoms with Gasteiger partial charge in [0.1, 0.15) is 24.5 Å². The number of nitrogens with one attached hydrogen (secondary N) is 1. The van der Waals surface area contributed by atoms with Crippen molar-refractivity contribution in [1.29, 1.82) is 0 Å². The lowest BCUT2D eigenvalue weighted by Gasteiger charge is -2.58. The number of benzene rings is 5. The van der Waals surface area contributed by atoms with Crippen molar-refractivity contribution in [3.8, 4) is 0 Å². The van der Waals surface area contributed by atoms with Crippen LogP contribution in [0, 0.1) is 6.92 Å². The van der Waals surface area contributed by atoms with Crippen molar-refractivity contribution in [3.05, 3.63) is 212 Å². The minimum atomic E-state index is -1.08. The van der Waals surface area contributed by atoms with Gasteiger partial charge in [-0.05, 0) is 48.6 Å². The van der Waals surface area contributed by atoms with E-state index in [4.69, 9.17) is 9.47 Å². The van der Waals surface area contributed by atoms with Gasteiger partial charge in [0.2, 0.25) is 0 Å². The van der Waals surface area contributed by atoms with Gasteiger partial charge in [-0.2, -0.15) is 0 Å². The standard InChI is InChI=1S/C46H47N3O5/c1-32-30-48(44(52)47-43(32)51)40-39(38(33-20-10-5-11-21-33)34-22-12-6-13-23-34)49(45(2,3)42(50)41(40)53-4)31-54-46(35-24-14-7-15-25-35,36-26-16-8-17-27-36)37-28-18-9-19-29-37/h5-30,38-42,50H,31H2,1-4H3,(H,47,51,52)/t39-,40-,41-,42+/m1/s1. The zero-order valence-corrected chi connectivity index (χ0v) is 31.1. The molecule has 1 aliphatic heterocycles. The highest BCUT2D eigenvalue weighted by Gasteiger charge is 2.57. The Morgan fingerprint density at radius 1 is 0.722 bits per heavy atom. The normalized spacial score (nSPS) is 20.2. The molecule has 54 heavy (non-hydrogen) atoms. The lowest BCUT2D eigenvalue weighted by atomic mass is 9.71. The van der Waals surface area contributed by atoms with Crippen molar-refractivity contribution in [1.82, 2.24) is 14.5 Å². The fourth-order valence-electron chi connectivity index (χ4n) is 8.39. The van der Waals surface area contributed by atoms with Crippen LogP contribution in [0.1, 0.15) is 59.2 Å². The third-order valence-electron chi connectivity index (χ3n) is 11.2. The van der Waals surface area contributed by atoms with Gasteiger partial charge in [0.25, 0.3) is 5.56 Å². The number of aromatic nitrogens is 2. The van der Waals surface area contributed by atoms with Crippen LogP contribution in [0.5, 0.6) is 0 Å². The SMILES string of the molecule is CO[C@@H]1[C@H](n2cc(C)c(=O)[nH]c2=O)[C@@H](C(c2ccccc2)c2ccccc2)N(COC(c2ccccc2)(c2ccccc2)c2ccccc2)C(C)(C)[C@H]1O. The molecule has 1 saturated heterocycles. The fourth-order valence-corrected chi connectivity index (χ4v) is 8.39. The molecule has 0 amide bonds. The summed E-state index contributed by atoms with van der Waals surface area (Å²) in [5, 5.41) is 12.4. The third kappa shape index (κ3) is 6.67. The van der Waals surface area contributed by atoms with Crippen LogP contribution in [-0.4, -0.2) is 57.2 Å². The Morgan fingerprint density at radius 3 is 1.57 bits per heavy atom. The quantitative estimate of drug-likeness (QED) is 0.140. The molecule has 8 nitrogen and oxygen atoms in total. The van der Waals surface area contributed by atoms with E-state index in [1.165, 1.54) is 0 Å². The smallest absolute Gasteiger partial charge is 0.328 e. The van der Waals surface area contributed by atoms with E-state index in [-0.39, 0.29) is 12.6 Å². The number of nitrogens with zero attached hydrogens (tertiary/aromatic N) is 2. The Balaban J connectivity index is 1.50. The van der Waals surface area contributed by atoms with E-state index in [9.17, 15) is 14.7 Å². The highest BCUT2D eigenvalue weighted by atomic mass is 16.5. The molecule has 8 heteroatoms. The summed E-state index contributed by atoms with van der Waals surface area (Å²) in [4.78, 5) is 31.4. The minimum absolute atomic E-state index is 0.0353. The Bertz CT molecular complexity index is 2110. The summed E-state index contributed by atoms with van der Waals surface area (Å²) in [6, 6.07) is 49.6. The number of ether oxygens (including phenoxy) is 2. The molecule has 0 radical (unpaired) electrons. The van der Waals surface area contributed by atoms with Gasteiger partial charge in [0.15, 0.2) is 0 Å². The maximum atomic E-state index is 14.0. The first-order valence-electron chi connectivity index (χ1n) is 18.4. The summed E-state index contributed by atoms with van der Waals surface area (Å²) >= 11 is 0. The number of aromatic amines is 1. The van der Waals surface area contributed by atoms with Crippen LogP contribution in [0.25, 0.3) is 0 Å². The first kappa shape index (κ1) is 37.0. The number of aryl methyl sites for hydroxylation is 1. The van der Waals surface area contributed by atoms with E-state index in [2.05, 4.69) is 70.5 Å². The molecule has 7 rings (SSSR count). The van der Waals surface area contributed by atoms with Gasteiger partial charge < -0.3 is 14.6 Å². The first-order chi connectivity index (χ1) is 26.2. The van der Waals surface area contributed by atoms with Crippen LogP contribution in [-0.2, 0) is 15.1 Å². The maximum absolute atomic E-state index is 14.0. The number of likely N-dealkylation sites (tertiary alicyclic amines) is 1. The van der Waals surface area contributed by atoms with Crippen LogP contribution in [0.15, 0.2) is 167 Å². The molecule has 1 aliphatic rings. The van der Waals surface area contributed by atoms with E-state index < -0.39 is 46.7 Å². The van der Waals surface area contributed by atoms with Crippen LogP contribution >= 0.6 is 0 Å². The van der Waals surface area contributed by atoms with Crippen molar-refractivity contribution < 1.29 is 14.6 Å². The summed E-state index contributed by atoms with van der Waals surface area (Å²) in [6.07, 6.45) is -0.343. The molecule has 0 unspecified atom stereocenters. The Morgan fingerprint density at radius 2 is 1.15 bits per heavy atom. The van der Waals surface area contributed by atoms with Crippen LogP contribution in [0.2, 0.25) is 0 Å². The second kappa shape index (κ2) is 15.5. The van der Waals surface area contributed by atoms with Crippen LogP contribution < -0.4 is 11.2 Å². The van der Waals surface area contributed by atoms with Gasteiger partial charge in [0, 0.05) is 36.4 Å². The molecule has 6 aromatic rings. The predicted molar refractivity (Wildman–Crippen MR) is 211 cm³/mol. The highest BCUT2D eigenvalue weighted by molar-refractivity contribution is 5.47. The van der Waals surface area contributed by atoms with Gasteiger partial charge in [-0.1, -0.05) is 152 Å². The molecule has 0 saturated carbocycles. The second-order valence-electron chi connectivity index (χ2n) is 14.6. The Labute approximate surface area is 316 Å². The fraction of sp³-hybridized carbons (Fsp3) is 0.261. The van der Waals surface area contributed by atoms with Crippen LogP contribution in [0.3, 0.4) is 0 Å². The first-order valence-corrected chi connectivity index (χ1v) is 18.4. The van der Waals surface area contributed by atoms with Crippen molar-refractivity contribution in [2.45, 2.75) is 62.1 Å². The molecule has 1 fully saturated rings. The largest absolute Gasteiger partial charge is 0.388 e. The van der Waals surface area contributed by atoms with Gasteiger partial charge in [-0.25, -0.2) is 4.79 Å². The van der Waals surface area contributed by atoms with Crippen LogP contribution in [0.4, 0.5) is 0 Å². The second-order valence-corrected chi connectivity index (χ2v) is 14.6. The van der Waals surface area contributed by atoms with Crippen molar-refractivity contribution >= 4 is 0 Å². The van der Waals surface area contributed by atoms with Crippen molar-refractivity contribution in [2.75, 3.05) is 13.8 Å². The molecular formula is C46H47N3O5. The van der Waals surface area contributed by atoms with E-state index in [1.807, 2.05) is 105 Å². The molecule has 2 heterocycles. The average Bonchev–Trinajstić information content (AvgIpc) is 3.21. The molecule has 276 valence electrons. The third-order valence-corrected chi connectivity index (χ3v) is 11.2. The molecular weight excluding hydrogens is 675 g/mol. The number of hydrogen-bond donors (Lipinski definition) is 2. The summed E-state index contributed by atoms with van der Waals surface area (Å²) in [5.74, 6) is -0.343. The van der Waals surface area contributed by atoms with Gasteiger partial charge >= 0.3 is 5.69 Å². The summed E-state index contributed by atoms with van der Waals surface area (Å²) in [7, 11) is 1.56. The number of hydrogen-bond acceptors (Lipinski definition) is 6. The van der Waals surface area contributed by atoms with E-state index in [0.29, 0.717) is 5.56 Å². The van der Waals surface area contributed by atoms with Gasteiger partial charge in [-0.15, -0.1) is 0 Å². The average molecular weight is 722 g/mol. The molecule has 5 aromatic carbocycles. The number of aliphatic hydroxyl groups excluding tert-OH is 1. The van der Waals surface area contributed by atoms with Gasteiger partial charge in [-0.3, -0.25) is 19.2 Å². The highest BCUT2D eigenvalue weighted by Crippen LogP contribution is 2.48. The lowest BCUT2D eigenvalue weighted by Crippen LogP contribution is -2.71. The number of methoxy groups -OCH3 is 1. The zero-order chi connectivity index (χ0) is 37.9. The minimum Gasteiger partial charge on any atom is -0.388 e. The van der Waals surface area contributed by atoms with Crippen molar-refractivity contribution in [3.63, 3.8) is 0 Å². The number of H-pyrrole nitrogens is 1. The molecule has 1 aromatic heterocycles. The van der Waals surface area contributed by atoms with E-state index >= 15 is 0 Å². The molecule has 0 spiro atoms. The number of piperidine rings is 1. The Kier molecular flexibility index (Phi) is 10.6. The van der Waals surface area contributed by atoms with E-state index in [0.717, 1.165) is 27.8 Å². The molecule has 0 bridgehead atoms. The van der Waals surface area contributed by atoms with E-state index in [1.54, 1.807) is 24.8 Å². The predicted octanol–water partition coefficient (Wildman–Crippen LogP) is 7.02. The maximum Gasteiger partial charge on any atom is 0.328 e. The number of aliphatic hydroxyl groups is 1. The molecule has 4 atom stereocenters.